The Labute approximate surface area is 154 Å². The van der Waals surface area contributed by atoms with Gasteiger partial charge in [-0.15, -0.1) is 0 Å². The summed E-state index contributed by atoms with van der Waals surface area (Å²) in [6.07, 6.45) is 2.77. The minimum atomic E-state index is -0.942. The van der Waals surface area contributed by atoms with E-state index < -0.39 is 29.2 Å². The van der Waals surface area contributed by atoms with E-state index >= 15 is 0 Å². The van der Waals surface area contributed by atoms with Crippen molar-refractivity contribution in [3.8, 4) is 0 Å². The van der Waals surface area contributed by atoms with E-state index in [2.05, 4.69) is 17.7 Å². The number of fused-ring (bicyclic) bond motifs is 1. The molecule has 1 saturated heterocycles. The van der Waals surface area contributed by atoms with Crippen LogP contribution >= 0.6 is 0 Å². The van der Waals surface area contributed by atoms with Gasteiger partial charge in [0.05, 0.1) is 0 Å². The van der Waals surface area contributed by atoms with Gasteiger partial charge in [-0.1, -0.05) is 6.92 Å². The Morgan fingerprint density at radius 1 is 1.33 bits per heavy atom. The largest absolute Gasteiger partial charge is 0.451 e. The molecular formula is C19H20FN3O4. The average Bonchev–Trinajstić information content (AvgIpc) is 3.07. The Balaban J connectivity index is 1.57. The van der Waals surface area contributed by atoms with Crippen LogP contribution in [0.2, 0.25) is 0 Å². The van der Waals surface area contributed by atoms with E-state index in [1.54, 1.807) is 6.92 Å². The summed E-state index contributed by atoms with van der Waals surface area (Å²) in [6, 6.07) is 3.29. The van der Waals surface area contributed by atoms with E-state index in [9.17, 15) is 18.8 Å². The summed E-state index contributed by atoms with van der Waals surface area (Å²) in [5, 5.41) is 3.93. The first-order chi connectivity index (χ1) is 12.8. The molecule has 1 saturated carbocycles. The van der Waals surface area contributed by atoms with Crippen LogP contribution in [0, 0.1) is 18.7 Å². The lowest BCUT2D eigenvalue weighted by Gasteiger charge is -2.33. The highest BCUT2D eigenvalue weighted by Crippen LogP contribution is 2.36. The van der Waals surface area contributed by atoms with Crippen molar-refractivity contribution in [2.45, 2.75) is 45.1 Å². The van der Waals surface area contributed by atoms with Crippen LogP contribution in [0.1, 0.15) is 48.7 Å². The van der Waals surface area contributed by atoms with Crippen molar-refractivity contribution < 1.29 is 23.2 Å². The maximum absolute atomic E-state index is 13.4. The fourth-order valence-corrected chi connectivity index (χ4v) is 3.88. The number of hydrogen-bond acceptors (Lipinski definition) is 4. The molecule has 142 valence electrons. The van der Waals surface area contributed by atoms with Crippen LogP contribution in [0.4, 0.5) is 9.18 Å². The molecule has 7 nitrogen and oxygen atoms in total. The molecule has 4 amide bonds. The van der Waals surface area contributed by atoms with Gasteiger partial charge < -0.3 is 9.73 Å². The number of hydrazine groups is 1. The van der Waals surface area contributed by atoms with Crippen molar-refractivity contribution in [1.82, 2.24) is 15.8 Å². The Morgan fingerprint density at radius 3 is 2.74 bits per heavy atom. The minimum Gasteiger partial charge on any atom is -0.451 e. The van der Waals surface area contributed by atoms with Crippen LogP contribution in [0.15, 0.2) is 22.6 Å². The molecule has 1 spiro atoms. The standard InChI is InChI=1S/C19H20FN3O4/c1-10-5-7-19(8-6-10)17(25)23(18(26)21-19)22-16(24)15-11(2)13-9-12(20)3-4-14(13)27-15/h3-4,9-10H,5-8H2,1-2H3,(H,21,26)(H,22,24). The van der Waals surface area contributed by atoms with Crippen LogP contribution in [-0.2, 0) is 4.79 Å². The molecule has 1 aliphatic carbocycles. The van der Waals surface area contributed by atoms with Crippen molar-refractivity contribution in [2.24, 2.45) is 5.92 Å². The summed E-state index contributed by atoms with van der Waals surface area (Å²) in [6.45, 7) is 3.73. The second kappa shape index (κ2) is 6.07. The molecule has 4 rings (SSSR count). The number of halogens is 1. The van der Waals surface area contributed by atoms with Gasteiger partial charge in [0.15, 0.2) is 5.76 Å². The first kappa shape index (κ1) is 17.5. The molecular weight excluding hydrogens is 353 g/mol. The molecule has 2 N–H and O–H groups in total. The lowest BCUT2D eigenvalue weighted by Crippen LogP contribution is -2.51. The number of hydrogen-bond donors (Lipinski definition) is 2. The Morgan fingerprint density at radius 2 is 2.04 bits per heavy atom. The van der Waals surface area contributed by atoms with E-state index in [-0.39, 0.29) is 5.76 Å². The predicted molar refractivity (Wildman–Crippen MR) is 94.1 cm³/mol. The molecule has 2 aromatic rings. The van der Waals surface area contributed by atoms with Gasteiger partial charge in [0.1, 0.15) is 16.9 Å². The molecule has 1 aromatic heterocycles. The average molecular weight is 373 g/mol. The van der Waals surface area contributed by atoms with Gasteiger partial charge >= 0.3 is 11.9 Å². The molecule has 8 heteroatoms. The fourth-order valence-electron chi connectivity index (χ4n) is 3.88. The predicted octanol–water partition coefficient (Wildman–Crippen LogP) is 3.03. The molecule has 27 heavy (non-hydrogen) atoms. The molecule has 2 aliphatic rings. The van der Waals surface area contributed by atoms with E-state index in [1.165, 1.54) is 18.2 Å². The lowest BCUT2D eigenvalue weighted by molar-refractivity contribution is -0.134. The number of nitrogens with one attached hydrogen (secondary N) is 2. The zero-order valence-corrected chi connectivity index (χ0v) is 15.1. The SMILES string of the molecule is Cc1c(C(=O)NN2C(=O)NC3(CCC(C)CC3)C2=O)oc2ccc(F)cc12. The van der Waals surface area contributed by atoms with E-state index in [4.69, 9.17) is 4.42 Å². The summed E-state index contributed by atoms with van der Waals surface area (Å²) in [5.41, 5.74) is 2.19. The maximum atomic E-state index is 13.4. The van der Waals surface area contributed by atoms with E-state index in [0.717, 1.165) is 17.9 Å². The maximum Gasteiger partial charge on any atom is 0.344 e. The number of furan rings is 1. The number of imide groups is 1. The fraction of sp³-hybridized carbons (Fsp3) is 0.421. The smallest absolute Gasteiger partial charge is 0.344 e. The van der Waals surface area contributed by atoms with E-state index in [0.29, 0.717) is 35.3 Å². The third-order valence-corrected chi connectivity index (χ3v) is 5.61. The highest BCUT2D eigenvalue weighted by molar-refractivity contribution is 6.09. The Hall–Kier alpha value is -2.90. The molecule has 1 aromatic carbocycles. The molecule has 2 fully saturated rings. The van der Waals surface area contributed by atoms with Gasteiger partial charge in [0.25, 0.3) is 5.91 Å². The number of carbonyl (C=O) groups excluding carboxylic acids is 3. The highest BCUT2D eigenvalue weighted by atomic mass is 19.1. The van der Waals surface area contributed by atoms with E-state index in [1.807, 2.05) is 0 Å². The monoisotopic (exact) mass is 373 g/mol. The molecule has 0 radical (unpaired) electrons. The zero-order valence-electron chi connectivity index (χ0n) is 15.1. The van der Waals surface area contributed by atoms with Gasteiger partial charge in [0.2, 0.25) is 0 Å². The van der Waals surface area contributed by atoms with Gasteiger partial charge in [-0.25, -0.2) is 14.6 Å². The van der Waals surface area contributed by atoms with Crippen LogP contribution in [-0.4, -0.2) is 28.4 Å². The number of urea groups is 1. The number of aryl methyl sites for hydroxylation is 1. The first-order valence-electron chi connectivity index (χ1n) is 8.97. The number of rotatable bonds is 2. The Bertz CT molecular complexity index is 959. The molecule has 0 bridgehead atoms. The van der Waals surface area contributed by atoms with Crippen LogP contribution in [0.3, 0.4) is 0 Å². The highest BCUT2D eigenvalue weighted by Gasteiger charge is 2.53. The number of carbonyl (C=O) groups is 3. The molecule has 1 aliphatic heterocycles. The zero-order chi connectivity index (χ0) is 19.3. The molecule has 0 unspecified atom stereocenters. The molecule has 0 atom stereocenters. The van der Waals surface area contributed by atoms with Crippen LogP contribution in [0.5, 0.6) is 0 Å². The third-order valence-electron chi connectivity index (χ3n) is 5.61. The Kier molecular flexibility index (Phi) is 3.94. The van der Waals surface area contributed by atoms with Crippen molar-refractivity contribution in [2.75, 3.05) is 0 Å². The van der Waals surface area contributed by atoms with Crippen molar-refractivity contribution in [3.05, 3.63) is 35.3 Å². The normalized spacial score (nSPS) is 25.3. The first-order valence-corrected chi connectivity index (χ1v) is 8.97. The number of amides is 4. The summed E-state index contributed by atoms with van der Waals surface area (Å²) < 4.78 is 18.9. The van der Waals surface area contributed by atoms with Gasteiger partial charge in [-0.3, -0.25) is 9.59 Å². The van der Waals surface area contributed by atoms with Gasteiger partial charge in [0, 0.05) is 10.9 Å². The summed E-state index contributed by atoms with van der Waals surface area (Å²) >= 11 is 0. The lowest BCUT2D eigenvalue weighted by atomic mass is 9.77. The second-order valence-corrected chi connectivity index (χ2v) is 7.47. The summed E-state index contributed by atoms with van der Waals surface area (Å²) in [4.78, 5) is 37.7. The van der Waals surface area contributed by atoms with Crippen molar-refractivity contribution in [1.29, 1.82) is 0 Å². The van der Waals surface area contributed by atoms with Crippen LogP contribution in [0.25, 0.3) is 11.0 Å². The van der Waals surface area contributed by atoms with Crippen molar-refractivity contribution in [3.63, 3.8) is 0 Å². The van der Waals surface area contributed by atoms with Gasteiger partial charge in [-0.05, 0) is 56.7 Å². The second-order valence-electron chi connectivity index (χ2n) is 7.47. The third kappa shape index (κ3) is 2.75. The summed E-state index contributed by atoms with van der Waals surface area (Å²) in [5.74, 6) is -1.18. The summed E-state index contributed by atoms with van der Waals surface area (Å²) in [7, 11) is 0. The quantitative estimate of drug-likeness (QED) is 0.792. The topological polar surface area (TPSA) is 91.7 Å². The number of benzene rings is 1. The van der Waals surface area contributed by atoms with Gasteiger partial charge in [-0.2, -0.15) is 5.01 Å². The van der Waals surface area contributed by atoms with Crippen molar-refractivity contribution >= 4 is 28.8 Å². The molecule has 2 heterocycles. The van der Waals surface area contributed by atoms with Crippen LogP contribution < -0.4 is 10.7 Å². The number of nitrogens with zero attached hydrogens (tertiary/aromatic N) is 1. The minimum absolute atomic E-state index is 0.0607.